The summed E-state index contributed by atoms with van der Waals surface area (Å²) in [5.74, 6) is 1.58. The minimum atomic E-state index is 0.0108. The van der Waals surface area contributed by atoms with Gasteiger partial charge >= 0.3 is 0 Å². The van der Waals surface area contributed by atoms with Crippen molar-refractivity contribution < 1.29 is 4.79 Å². The lowest BCUT2D eigenvalue weighted by molar-refractivity contribution is -0.119. The Balaban J connectivity index is 1.36. The normalized spacial score (nSPS) is 20.4. The summed E-state index contributed by atoms with van der Waals surface area (Å²) in [7, 11) is 0. The monoisotopic (exact) mass is 481 g/mol. The van der Waals surface area contributed by atoms with E-state index in [1.165, 1.54) is 33.6 Å². The molecule has 0 saturated carbocycles. The summed E-state index contributed by atoms with van der Waals surface area (Å²) >= 11 is 0. The molecular formula is C30H35N5O. The molecule has 1 atom stereocenters. The fourth-order valence-electron chi connectivity index (χ4n) is 6.67. The van der Waals surface area contributed by atoms with Gasteiger partial charge in [0.15, 0.2) is 0 Å². The van der Waals surface area contributed by atoms with Crippen molar-refractivity contribution in [3.05, 3.63) is 82.8 Å². The summed E-state index contributed by atoms with van der Waals surface area (Å²) in [4.78, 5) is 26.4. The van der Waals surface area contributed by atoms with E-state index in [1.54, 1.807) is 13.3 Å². The van der Waals surface area contributed by atoms with Gasteiger partial charge in [-0.2, -0.15) is 0 Å². The van der Waals surface area contributed by atoms with Gasteiger partial charge in [0, 0.05) is 48.9 Å². The lowest BCUT2D eigenvalue weighted by atomic mass is 9.72. The zero-order chi connectivity index (χ0) is 24.7. The van der Waals surface area contributed by atoms with Crippen molar-refractivity contribution >= 4 is 17.4 Å². The summed E-state index contributed by atoms with van der Waals surface area (Å²) in [6.45, 7) is 8.54. The van der Waals surface area contributed by atoms with Gasteiger partial charge in [0.2, 0.25) is 5.91 Å². The van der Waals surface area contributed by atoms with Gasteiger partial charge in [-0.25, -0.2) is 9.97 Å². The number of fused-ring (bicyclic) bond motifs is 3. The smallest absolute Gasteiger partial charge is 0.217 e. The second-order valence-electron chi connectivity index (χ2n) is 10.8. The molecule has 1 spiro atoms. The first-order chi connectivity index (χ1) is 17.5. The molecule has 3 heterocycles. The minimum Gasteiger partial charge on any atom is -0.352 e. The third-order valence-electron chi connectivity index (χ3n) is 8.51. The zero-order valence-corrected chi connectivity index (χ0v) is 21.3. The van der Waals surface area contributed by atoms with Crippen LogP contribution in [-0.4, -0.2) is 40.4 Å². The van der Waals surface area contributed by atoms with Crippen molar-refractivity contribution in [2.24, 2.45) is 0 Å². The van der Waals surface area contributed by atoms with E-state index < -0.39 is 0 Å². The van der Waals surface area contributed by atoms with E-state index in [2.05, 4.69) is 75.6 Å². The third kappa shape index (κ3) is 4.07. The van der Waals surface area contributed by atoms with Crippen LogP contribution < -0.4 is 10.2 Å². The Bertz CT molecular complexity index is 1270. The highest BCUT2D eigenvalue weighted by Crippen LogP contribution is 2.52. The number of benzene rings is 2. The number of carbonyl (C=O) groups excluding carboxylic acids is 1. The molecule has 1 fully saturated rings. The van der Waals surface area contributed by atoms with Gasteiger partial charge < -0.3 is 10.2 Å². The maximum Gasteiger partial charge on any atom is 0.217 e. The van der Waals surface area contributed by atoms with Crippen LogP contribution in [0.5, 0.6) is 0 Å². The van der Waals surface area contributed by atoms with Gasteiger partial charge in [0.25, 0.3) is 0 Å². The van der Waals surface area contributed by atoms with Gasteiger partial charge in [0.05, 0.1) is 0 Å². The second-order valence-corrected chi connectivity index (χ2v) is 10.8. The molecule has 3 aliphatic rings. The molecule has 1 amide bonds. The number of aryl methyl sites for hydroxylation is 1. The second kappa shape index (κ2) is 9.32. The van der Waals surface area contributed by atoms with Crippen LogP contribution in [0, 0.1) is 0 Å². The van der Waals surface area contributed by atoms with Gasteiger partial charge in [0.1, 0.15) is 12.1 Å². The van der Waals surface area contributed by atoms with E-state index in [1.807, 2.05) is 0 Å². The summed E-state index contributed by atoms with van der Waals surface area (Å²) in [5.41, 5.74) is 7.87. The van der Waals surface area contributed by atoms with E-state index >= 15 is 0 Å². The molecule has 1 N–H and O–H groups in total. The number of amides is 1. The summed E-state index contributed by atoms with van der Waals surface area (Å²) in [5, 5.41) is 3.06. The molecule has 0 radical (unpaired) electrons. The Hall–Kier alpha value is -3.25. The molecule has 36 heavy (non-hydrogen) atoms. The van der Waals surface area contributed by atoms with Crippen molar-refractivity contribution in [3.8, 4) is 0 Å². The maximum absolute atomic E-state index is 11.8. The van der Waals surface area contributed by atoms with Gasteiger partial charge in [-0.15, -0.1) is 0 Å². The molecule has 6 heteroatoms. The van der Waals surface area contributed by atoms with Crippen LogP contribution in [0.1, 0.15) is 67.0 Å². The lowest BCUT2D eigenvalue weighted by Crippen LogP contribution is -2.45. The molecule has 2 aliphatic heterocycles. The Morgan fingerprint density at radius 1 is 1.08 bits per heavy atom. The molecule has 1 aromatic heterocycles. The number of rotatable bonds is 5. The number of likely N-dealkylation sites (tertiary alicyclic amines) is 1. The highest BCUT2D eigenvalue weighted by Gasteiger charge is 2.47. The molecule has 6 nitrogen and oxygen atoms in total. The molecular weight excluding hydrogens is 446 g/mol. The zero-order valence-electron chi connectivity index (χ0n) is 21.3. The van der Waals surface area contributed by atoms with Crippen LogP contribution in [0.3, 0.4) is 0 Å². The summed E-state index contributed by atoms with van der Waals surface area (Å²) in [6.07, 6.45) is 6.13. The lowest BCUT2D eigenvalue weighted by Gasteiger charge is -2.40. The predicted molar refractivity (Wildman–Crippen MR) is 142 cm³/mol. The van der Waals surface area contributed by atoms with Crippen molar-refractivity contribution in [1.29, 1.82) is 0 Å². The van der Waals surface area contributed by atoms with E-state index in [0.29, 0.717) is 12.5 Å². The number of aromatic nitrogens is 2. The number of nitrogens with one attached hydrogen (secondary N) is 1. The Morgan fingerprint density at radius 2 is 1.89 bits per heavy atom. The summed E-state index contributed by atoms with van der Waals surface area (Å²) in [6, 6.07) is 17.4. The standard InChI is InChI=1S/C30H35N5O/c1-21-11-12-25-27(21)29(33-20-32-25)35-19-30(28-24(17-31-22(2)36)9-6-10-26(28)35)13-15-34(16-14-30)18-23-7-4-3-5-8-23/h3-10,20-21H,11-19H2,1-2H3,(H,31,36)/t21-/m1/s1. The van der Waals surface area contributed by atoms with Crippen molar-refractivity contribution in [1.82, 2.24) is 20.2 Å². The number of anilines is 2. The average Bonchev–Trinajstić information content (AvgIpc) is 3.43. The van der Waals surface area contributed by atoms with Gasteiger partial charge in [-0.3, -0.25) is 9.69 Å². The highest BCUT2D eigenvalue weighted by atomic mass is 16.1. The summed E-state index contributed by atoms with van der Waals surface area (Å²) < 4.78 is 0. The van der Waals surface area contributed by atoms with E-state index in [-0.39, 0.29) is 11.3 Å². The molecule has 2 aromatic carbocycles. The molecule has 1 aliphatic carbocycles. The number of hydrogen-bond donors (Lipinski definition) is 1. The SMILES string of the molecule is CC(=O)NCc1cccc2c1C1(CCN(Cc3ccccc3)CC1)CN2c1ncnc2c1[C@H](C)CC2. The van der Waals surface area contributed by atoms with Crippen LogP contribution in [0.15, 0.2) is 54.9 Å². The topological polar surface area (TPSA) is 61.4 Å². The quantitative estimate of drug-likeness (QED) is 0.565. The highest BCUT2D eigenvalue weighted by molar-refractivity contribution is 5.76. The van der Waals surface area contributed by atoms with Crippen LogP contribution in [0.2, 0.25) is 0 Å². The van der Waals surface area contributed by atoms with Gasteiger partial charge in [-0.1, -0.05) is 49.4 Å². The molecule has 1 saturated heterocycles. The average molecular weight is 482 g/mol. The number of piperidine rings is 1. The molecule has 3 aromatic rings. The van der Waals surface area contributed by atoms with Crippen molar-refractivity contribution in [2.75, 3.05) is 24.5 Å². The van der Waals surface area contributed by atoms with E-state index in [0.717, 1.165) is 57.7 Å². The van der Waals surface area contributed by atoms with Crippen LogP contribution in [0.25, 0.3) is 0 Å². The largest absolute Gasteiger partial charge is 0.352 e. The third-order valence-corrected chi connectivity index (χ3v) is 8.51. The van der Waals surface area contributed by atoms with Crippen LogP contribution in [-0.2, 0) is 29.7 Å². The number of carbonyl (C=O) groups is 1. The van der Waals surface area contributed by atoms with Crippen LogP contribution in [0.4, 0.5) is 11.5 Å². The minimum absolute atomic E-state index is 0.0108. The molecule has 0 bridgehead atoms. The molecule has 6 rings (SSSR count). The van der Waals surface area contributed by atoms with E-state index in [4.69, 9.17) is 4.98 Å². The van der Waals surface area contributed by atoms with Crippen LogP contribution >= 0.6 is 0 Å². The first-order valence-corrected chi connectivity index (χ1v) is 13.3. The van der Waals surface area contributed by atoms with Crippen molar-refractivity contribution in [3.63, 3.8) is 0 Å². The number of nitrogens with zero attached hydrogens (tertiary/aromatic N) is 4. The number of hydrogen-bond acceptors (Lipinski definition) is 5. The predicted octanol–water partition coefficient (Wildman–Crippen LogP) is 4.85. The van der Waals surface area contributed by atoms with Gasteiger partial charge in [-0.05, 0) is 67.4 Å². The fraction of sp³-hybridized carbons (Fsp3) is 0.433. The Labute approximate surface area is 213 Å². The fourth-order valence-corrected chi connectivity index (χ4v) is 6.67. The maximum atomic E-state index is 11.8. The first-order valence-electron chi connectivity index (χ1n) is 13.3. The van der Waals surface area contributed by atoms with Crippen molar-refractivity contribution in [2.45, 2.75) is 64.0 Å². The molecule has 186 valence electrons. The Kier molecular flexibility index (Phi) is 6.00. The first kappa shape index (κ1) is 23.2. The molecule has 0 unspecified atom stereocenters. The Morgan fingerprint density at radius 3 is 2.67 bits per heavy atom. The van der Waals surface area contributed by atoms with E-state index in [9.17, 15) is 4.79 Å².